The fourth-order valence-electron chi connectivity index (χ4n) is 1.78. The Bertz CT molecular complexity index is 743. The van der Waals surface area contributed by atoms with E-state index in [1.54, 1.807) is 10.6 Å². The van der Waals surface area contributed by atoms with Gasteiger partial charge in [0.25, 0.3) is 0 Å². The summed E-state index contributed by atoms with van der Waals surface area (Å²) in [6.07, 6.45) is 3.12. The van der Waals surface area contributed by atoms with Gasteiger partial charge in [-0.05, 0) is 24.6 Å². The van der Waals surface area contributed by atoms with Crippen molar-refractivity contribution in [2.75, 3.05) is 0 Å². The number of aromatic carboxylic acids is 1. The smallest absolute Gasteiger partial charge is 0.354 e. The molecule has 18 heavy (non-hydrogen) atoms. The standard InChI is InChI=1S/C11H9N5O2/c1-6-2-3-16-7(4-6)14-15-10(16)8-9(11(17)18)13-5-12-8/h2-5H,1H3,(H,12,13)(H,17,18). The maximum atomic E-state index is 11.0. The fraction of sp³-hybridized carbons (Fsp3) is 0.0909. The van der Waals surface area contributed by atoms with Crippen molar-refractivity contribution in [3.8, 4) is 11.5 Å². The molecule has 0 aliphatic heterocycles. The van der Waals surface area contributed by atoms with Crippen LogP contribution < -0.4 is 0 Å². The van der Waals surface area contributed by atoms with E-state index in [4.69, 9.17) is 5.11 Å². The van der Waals surface area contributed by atoms with E-state index in [9.17, 15) is 4.79 Å². The molecule has 90 valence electrons. The van der Waals surface area contributed by atoms with Gasteiger partial charge in [-0.15, -0.1) is 10.2 Å². The van der Waals surface area contributed by atoms with Crippen LogP contribution in [0.15, 0.2) is 24.7 Å². The van der Waals surface area contributed by atoms with Gasteiger partial charge >= 0.3 is 5.97 Å². The number of carboxylic acid groups (broad SMARTS) is 1. The predicted octanol–water partition coefficient (Wildman–Crippen LogP) is 1.13. The number of rotatable bonds is 2. The highest BCUT2D eigenvalue weighted by atomic mass is 16.4. The molecule has 0 aromatic carbocycles. The fourth-order valence-corrected chi connectivity index (χ4v) is 1.78. The Morgan fingerprint density at radius 2 is 2.28 bits per heavy atom. The van der Waals surface area contributed by atoms with E-state index in [-0.39, 0.29) is 11.4 Å². The highest BCUT2D eigenvalue weighted by Gasteiger charge is 2.19. The van der Waals surface area contributed by atoms with E-state index in [1.807, 2.05) is 19.1 Å². The Morgan fingerprint density at radius 1 is 1.44 bits per heavy atom. The van der Waals surface area contributed by atoms with Crippen LogP contribution in [0.3, 0.4) is 0 Å². The largest absolute Gasteiger partial charge is 0.477 e. The van der Waals surface area contributed by atoms with Crippen LogP contribution in [0.2, 0.25) is 0 Å². The van der Waals surface area contributed by atoms with Crippen molar-refractivity contribution in [3.63, 3.8) is 0 Å². The van der Waals surface area contributed by atoms with Crippen molar-refractivity contribution in [2.45, 2.75) is 6.92 Å². The molecule has 3 heterocycles. The SMILES string of the molecule is Cc1ccn2c(-c3nc[nH]c3C(=O)O)nnc2c1. The van der Waals surface area contributed by atoms with Crippen molar-refractivity contribution in [1.82, 2.24) is 24.6 Å². The number of hydrogen-bond donors (Lipinski definition) is 2. The maximum absolute atomic E-state index is 11.0. The number of pyridine rings is 1. The first-order valence-electron chi connectivity index (χ1n) is 5.25. The number of nitrogens with zero attached hydrogens (tertiary/aromatic N) is 4. The summed E-state index contributed by atoms with van der Waals surface area (Å²) in [5.41, 5.74) is 2.00. The minimum absolute atomic E-state index is 0.00451. The van der Waals surface area contributed by atoms with Crippen molar-refractivity contribution < 1.29 is 9.90 Å². The van der Waals surface area contributed by atoms with Crippen LogP contribution in [0.5, 0.6) is 0 Å². The van der Waals surface area contributed by atoms with Crippen LogP contribution in [0.4, 0.5) is 0 Å². The van der Waals surface area contributed by atoms with Gasteiger partial charge in [0.05, 0.1) is 6.33 Å². The lowest BCUT2D eigenvalue weighted by molar-refractivity contribution is 0.0692. The predicted molar refractivity (Wildman–Crippen MR) is 62.3 cm³/mol. The number of carbonyl (C=O) groups is 1. The van der Waals surface area contributed by atoms with Gasteiger partial charge < -0.3 is 10.1 Å². The number of aryl methyl sites for hydroxylation is 1. The summed E-state index contributed by atoms with van der Waals surface area (Å²) < 4.78 is 1.70. The second kappa shape index (κ2) is 3.66. The first-order valence-corrected chi connectivity index (χ1v) is 5.25. The molecule has 0 fully saturated rings. The molecule has 3 aromatic rings. The molecular formula is C11H9N5O2. The molecule has 0 amide bonds. The average molecular weight is 243 g/mol. The Balaban J connectivity index is 2.26. The molecule has 0 saturated carbocycles. The molecule has 0 atom stereocenters. The molecular weight excluding hydrogens is 234 g/mol. The first kappa shape index (κ1) is 10.5. The van der Waals surface area contributed by atoms with Gasteiger partial charge in [-0.3, -0.25) is 4.40 Å². The van der Waals surface area contributed by atoms with E-state index >= 15 is 0 Å². The second-order valence-electron chi connectivity index (χ2n) is 3.89. The van der Waals surface area contributed by atoms with Gasteiger partial charge in [0.2, 0.25) is 0 Å². The van der Waals surface area contributed by atoms with Gasteiger partial charge in [-0.2, -0.15) is 0 Å². The van der Waals surface area contributed by atoms with Crippen LogP contribution in [-0.2, 0) is 0 Å². The van der Waals surface area contributed by atoms with Crippen LogP contribution in [0.1, 0.15) is 16.1 Å². The Kier molecular flexibility index (Phi) is 2.12. The third-order valence-electron chi connectivity index (χ3n) is 2.63. The summed E-state index contributed by atoms with van der Waals surface area (Å²) in [6, 6.07) is 3.76. The number of nitrogens with one attached hydrogen (secondary N) is 1. The zero-order chi connectivity index (χ0) is 12.7. The van der Waals surface area contributed by atoms with Gasteiger partial charge in [0.15, 0.2) is 17.2 Å². The van der Waals surface area contributed by atoms with Crippen LogP contribution in [-0.4, -0.2) is 35.6 Å². The summed E-state index contributed by atoms with van der Waals surface area (Å²) in [6.45, 7) is 1.95. The Morgan fingerprint density at radius 3 is 3.06 bits per heavy atom. The number of aromatic nitrogens is 5. The second-order valence-corrected chi connectivity index (χ2v) is 3.89. The number of aromatic amines is 1. The molecule has 0 unspecified atom stereocenters. The van der Waals surface area contributed by atoms with Gasteiger partial charge in [-0.25, -0.2) is 9.78 Å². The maximum Gasteiger partial charge on any atom is 0.354 e. The lowest BCUT2D eigenvalue weighted by Gasteiger charge is -1.98. The van der Waals surface area contributed by atoms with Crippen molar-refractivity contribution in [1.29, 1.82) is 0 Å². The van der Waals surface area contributed by atoms with Crippen LogP contribution >= 0.6 is 0 Å². The van der Waals surface area contributed by atoms with Crippen molar-refractivity contribution in [3.05, 3.63) is 35.9 Å². The summed E-state index contributed by atoms with van der Waals surface area (Å²) in [7, 11) is 0. The van der Waals surface area contributed by atoms with Crippen LogP contribution in [0.25, 0.3) is 17.2 Å². The molecule has 7 heteroatoms. The third kappa shape index (κ3) is 1.45. The monoisotopic (exact) mass is 243 g/mol. The molecule has 3 aromatic heterocycles. The van der Waals surface area contributed by atoms with Crippen molar-refractivity contribution >= 4 is 11.6 Å². The molecule has 2 N–H and O–H groups in total. The molecule has 0 spiro atoms. The molecule has 0 bridgehead atoms. The average Bonchev–Trinajstić information content (AvgIpc) is 2.92. The van der Waals surface area contributed by atoms with Gasteiger partial charge in [-0.1, -0.05) is 0 Å². The molecule has 7 nitrogen and oxygen atoms in total. The third-order valence-corrected chi connectivity index (χ3v) is 2.63. The molecule has 3 rings (SSSR count). The highest BCUT2D eigenvalue weighted by Crippen LogP contribution is 2.19. The minimum Gasteiger partial charge on any atom is -0.477 e. The molecule has 0 aliphatic rings. The number of hydrogen-bond acceptors (Lipinski definition) is 4. The first-order chi connectivity index (χ1) is 8.66. The Labute approximate surface area is 101 Å². The minimum atomic E-state index is -1.08. The number of fused-ring (bicyclic) bond motifs is 1. The Hall–Kier alpha value is -2.70. The lowest BCUT2D eigenvalue weighted by Crippen LogP contribution is -2.01. The summed E-state index contributed by atoms with van der Waals surface area (Å²) in [5.74, 6) is -0.671. The number of H-pyrrole nitrogens is 1. The highest BCUT2D eigenvalue weighted by molar-refractivity contribution is 5.91. The van der Waals surface area contributed by atoms with E-state index in [1.165, 1.54) is 6.33 Å². The van der Waals surface area contributed by atoms with Gasteiger partial charge in [0, 0.05) is 6.20 Å². The van der Waals surface area contributed by atoms with E-state index in [2.05, 4.69) is 20.2 Å². The lowest BCUT2D eigenvalue weighted by atomic mass is 10.3. The number of imidazole rings is 1. The van der Waals surface area contributed by atoms with E-state index < -0.39 is 5.97 Å². The zero-order valence-electron chi connectivity index (χ0n) is 9.45. The molecule has 0 saturated heterocycles. The van der Waals surface area contributed by atoms with Gasteiger partial charge in [0.1, 0.15) is 5.69 Å². The number of carboxylic acids is 1. The van der Waals surface area contributed by atoms with E-state index in [0.29, 0.717) is 11.5 Å². The topological polar surface area (TPSA) is 96.2 Å². The normalized spacial score (nSPS) is 10.9. The van der Waals surface area contributed by atoms with E-state index in [0.717, 1.165) is 5.56 Å². The quantitative estimate of drug-likeness (QED) is 0.703. The summed E-state index contributed by atoms with van der Waals surface area (Å²) in [5, 5.41) is 17.0. The zero-order valence-corrected chi connectivity index (χ0v) is 9.45. The molecule has 0 radical (unpaired) electrons. The van der Waals surface area contributed by atoms with Crippen molar-refractivity contribution in [2.24, 2.45) is 0 Å². The summed E-state index contributed by atoms with van der Waals surface area (Å²) >= 11 is 0. The van der Waals surface area contributed by atoms with Crippen LogP contribution in [0, 0.1) is 6.92 Å². The molecule has 0 aliphatic carbocycles. The summed E-state index contributed by atoms with van der Waals surface area (Å²) in [4.78, 5) is 17.6.